The molecule has 1 aliphatic rings. The Balaban J connectivity index is 2.15. The van der Waals surface area contributed by atoms with Crippen LogP contribution in [0.5, 0.6) is 0 Å². The molecule has 2 amide bonds. The molecular weight excluding hydrogens is 275 g/mol. The topological polar surface area (TPSA) is 58.6 Å². The van der Waals surface area contributed by atoms with E-state index >= 15 is 0 Å². The fraction of sp³-hybridized carbons (Fsp3) is 0.467. The molecule has 6 heteroatoms. The van der Waals surface area contributed by atoms with Crippen molar-refractivity contribution in [3.63, 3.8) is 0 Å². The standard InChI is InChI=1S/C15H19FN2O3/c1-15(2,3)21-14(20)17-18-12(8-9-13(18)19)10-6-4-5-7-11(10)16/h4-7,12H,8-9H2,1-3H3,(H,17,20). The Hall–Kier alpha value is -2.11. The average Bonchev–Trinajstić information content (AvgIpc) is 2.69. The van der Waals surface area contributed by atoms with Crippen molar-refractivity contribution in [1.82, 2.24) is 10.4 Å². The third-order valence-corrected chi connectivity index (χ3v) is 3.09. The van der Waals surface area contributed by atoms with Gasteiger partial charge in [0.2, 0.25) is 5.91 Å². The number of nitrogens with one attached hydrogen (secondary N) is 1. The first-order chi connectivity index (χ1) is 9.78. The average molecular weight is 294 g/mol. The van der Waals surface area contributed by atoms with Crippen molar-refractivity contribution in [1.29, 1.82) is 0 Å². The molecule has 1 aliphatic heterocycles. The molecule has 2 rings (SSSR count). The summed E-state index contributed by atoms with van der Waals surface area (Å²) >= 11 is 0. The van der Waals surface area contributed by atoms with E-state index in [9.17, 15) is 14.0 Å². The summed E-state index contributed by atoms with van der Waals surface area (Å²) in [6.45, 7) is 5.19. The van der Waals surface area contributed by atoms with Gasteiger partial charge in [0.05, 0.1) is 6.04 Å². The van der Waals surface area contributed by atoms with Crippen molar-refractivity contribution in [2.45, 2.75) is 45.3 Å². The SMILES string of the molecule is CC(C)(C)OC(=O)NN1C(=O)CCC1c1ccccc1F. The summed E-state index contributed by atoms with van der Waals surface area (Å²) in [5.74, 6) is -0.651. The van der Waals surface area contributed by atoms with Crippen LogP contribution in [0.15, 0.2) is 24.3 Å². The van der Waals surface area contributed by atoms with Gasteiger partial charge in [-0.3, -0.25) is 4.79 Å². The highest BCUT2D eigenvalue weighted by Crippen LogP contribution is 2.32. The molecular formula is C15H19FN2O3. The van der Waals surface area contributed by atoms with Crippen LogP contribution in [0.2, 0.25) is 0 Å². The molecule has 0 spiro atoms. The van der Waals surface area contributed by atoms with Gasteiger partial charge in [-0.05, 0) is 33.3 Å². The molecule has 1 fully saturated rings. The number of carbonyl (C=O) groups is 2. The zero-order valence-corrected chi connectivity index (χ0v) is 12.4. The Labute approximate surface area is 123 Å². The first kappa shape index (κ1) is 15.3. The number of nitrogens with zero attached hydrogens (tertiary/aromatic N) is 1. The lowest BCUT2D eigenvalue weighted by atomic mass is 10.0. The van der Waals surface area contributed by atoms with Crippen LogP contribution in [-0.2, 0) is 9.53 Å². The molecule has 1 N–H and O–H groups in total. The van der Waals surface area contributed by atoms with Gasteiger partial charge in [0.25, 0.3) is 0 Å². The molecule has 0 radical (unpaired) electrons. The molecule has 21 heavy (non-hydrogen) atoms. The van der Waals surface area contributed by atoms with Crippen molar-refractivity contribution < 1.29 is 18.7 Å². The molecule has 1 heterocycles. The first-order valence-electron chi connectivity index (χ1n) is 6.84. The van der Waals surface area contributed by atoms with Crippen LogP contribution in [0.25, 0.3) is 0 Å². The highest BCUT2D eigenvalue weighted by atomic mass is 19.1. The minimum absolute atomic E-state index is 0.255. The quantitative estimate of drug-likeness (QED) is 0.912. The number of amides is 2. The lowest BCUT2D eigenvalue weighted by molar-refractivity contribution is -0.132. The zero-order valence-electron chi connectivity index (χ0n) is 12.4. The van der Waals surface area contributed by atoms with Crippen molar-refractivity contribution >= 4 is 12.0 Å². The van der Waals surface area contributed by atoms with Gasteiger partial charge in [-0.25, -0.2) is 19.6 Å². The van der Waals surface area contributed by atoms with Gasteiger partial charge in [-0.15, -0.1) is 0 Å². The predicted molar refractivity (Wildman–Crippen MR) is 74.6 cm³/mol. The van der Waals surface area contributed by atoms with E-state index in [1.807, 2.05) is 0 Å². The van der Waals surface area contributed by atoms with Crippen LogP contribution in [0.4, 0.5) is 9.18 Å². The molecule has 1 aromatic carbocycles. The fourth-order valence-electron chi connectivity index (χ4n) is 2.26. The normalized spacial score (nSPS) is 18.8. The second-order valence-electron chi connectivity index (χ2n) is 5.95. The van der Waals surface area contributed by atoms with E-state index in [1.165, 1.54) is 6.07 Å². The van der Waals surface area contributed by atoms with Crippen molar-refractivity contribution in [3.05, 3.63) is 35.6 Å². The first-order valence-corrected chi connectivity index (χ1v) is 6.84. The second-order valence-corrected chi connectivity index (χ2v) is 5.95. The predicted octanol–water partition coefficient (Wildman–Crippen LogP) is 2.93. The van der Waals surface area contributed by atoms with Gasteiger partial charge in [-0.1, -0.05) is 18.2 Å². The highest BCUT2D eigenvalue weighted by molar-refractivity contribution is 5.81. The van der Waals surface area contributed by atoms with Gasteiger partial charge in [0.1, 0.15) is 11.4 Å². The molecule has 0 aliphatic carbocycles. The number of hydrogen-bond donors (Lipinski definition) is 1. The minimum Gasteiger partial charge on any atom is -0.443 e. The molecule has 0 aromatic heterocycles. The molecule has 114 valence electrons. The Bertz CT molecular complexity index is 554. The molecule has 0 saturated carbocycles. The fourth-order valence-corrected chi connectivity index (χ4v) is 2.26. The summed E-state index contributed by atoms with van der Waals surface area (Å²) in [5.41, 5.74) is 2.14. The Kier molecular flexibility index (Phi) is 4.16. The molecule has 0 bridgehead atoms. The Morgan fingerprint density at radius 3 is 2.67 bits per heavy atom. The Morgan fingerprint density at radius 2 is 2.05 bits per heavy atom. The number of ether oxygens (including phenoxy) is 1. The van der Waals surface area contributed by atoms with Gasteiger partial charge in [-0.2, -0.15) is 0 Å². The molecule has 1 unspecified atom stereocenters. The number of benzene rings is 1. The highest BCUT2D eigenvalue weighted by Gasteiger charge is 2.35. The van der Waals surface area contributed by atoms with Gasteiger partial charge in [0, 0.05) is 12.0 Å². The maximum atomic E-state index is 13.9. The third kappa shape index (κ3) is 3.71. The summed E-state index contributed by atoms with van der Waals surface area (Å²) in [7, 11) is 0. The van der Waals surface area contributed by atoms with E-state index in [1.54, 1.807) is 39.0 Å². The van der Waals surface area contributed by atoms with Gasteiger partial charge >= 0.3 is 6.09 Å². The summed E-state index contributed by atoms with van der Waals surface area (Å²) in [5, 5.41) is 1.16. The van der Waals surface area contributed by atoms with Crippen molar-refractivity contribution in [2.24, 2.45) is 0 Å². The molecule has 5 nitrogen and oxygen atoms in total. The minimum atomic E-state index is -0.723. The van der Waals surface area contributed by atoms with E-state index in [0.717, 1.165) is 5.01 Å². The van der Waals surface area contributed by atoms with E-state index in [2.05, 4.69) is 5.43 Å². The largest absolute Gasteiger partial charge is 0.443 e. The van der Waals surface area contributed by atoms with Crippen LogP contribution >= 0.6 is 0 Å². The molecule has 1 saturated heterocycles. The number of hydrogen-bond acceptors (Lipinski definition) is 3. The zero-order chi connectivity index (χ0) is 15.6. The van der Waals surface area contributed by atoms with Gasteiger partial charge in [0.15, 0.2) is 0 Å². The van der Waals surface area contributed by atoms with Crippen LogP contribution in [-0.4, -0.2) is 22.6 Å². The van der Waals surface area contributed by atoms with Crippen LogP contribution in [0, 0.1) is 5.82 Å². The summed E-state index contributed by atoms with van der Waals surface area (Å²) in [4.78, 5) is 23.7. The van der Waals surface area contributed by atoms with Crippen LogP contribution in [0.1, 0.15) is 45.2 Å². The van der Waals surface area contributed by atoms with E-state index in [4.69, 9.17) is 4.74 Å². The second kappa shape index (κ2) is 5.71. The van der Waals surface area contributed by atoms with E-state index in [-0.39, 0.29) is 12.3 Å². The lowest BCUT2D eigenvalue weighted by Gasteiger charge is -2.27. The maximum absolute atomic E-state index is 13.9. The number of carbonyl (C=O) groups excluding carboxylic acids is 2. The third-order valence-electron chi connectivity index (χ3n) is 3.09. The van der Waals surface area contributed by atoms with Crippen molar-refractivity contribution in [2.75, 3.05) is 0 Å². The number of hydrazine groups is 1. The van der Waals surface area contributed by atoms with Gasteiger partial charge < -0.3 is 4.74 Å². The Morgan fingerprint density at radius 1 is 1.38 bits per heavy atom. The molecule has 1 aromatic rings. The van der Waals surface area contributed by atoms with E-state index in [0.29, 0.717) is 12.0 Å². The summed E-state index contributed by atoms with van der Waals surface area (Å²) in [6, 6.07) is 5.73. The maximum Gasteiger partial charge on any atom is 0.426 e. The van der Waals surface area contributed by atoms with E-state index < -0.39 is 23.6 Å². The molecule has 1 atom stereocenters. The van der Waals surface area contributed by atoms with Crippen molar-refractivity contribution in [3.8, 4) is 0 Å². The monoisotopic (exact) mass is 294 g/mol. The van der Waals surface area contributed by atoms with Crippen LogP contribution < -0.4 is 5.43 Å². The lowest BCUT2D eigenvalue weighted by Crippen LogP contribution is -2.46. The summed E-state index contributed by atoms with van der Waals surface area (Å²) < 4.78 is 19.0. The van der Waals surface area contributed by atoms with Crippen LogP contribution in [0.3, 0.4) is 0 Å². The smallest absolute Gasteiger partial charge is 0.426 e. The summed E-state index contributed by atoms with van der Waals surface area (Å²) in [6.07, 6.45) is -0.0104. The number of rotatable bonds is 2. The number of halogens is 1.